The van der Waals surface area contributed by atoms with Crippen molar-refractivity contribution in [3.63, 3.8) is 0 Å². The van der Waals surface area contributed by atoms with Crippen molar-refractivity contribution in [3.05, 3.63) is 16.4 Å². The molecule has 15 heavy (non-hydrogen) atoms. The Bertz CT molecular complexity index is 428. The highest BCUT2D eigenvalue weighted by Gasteiger charge is 2.28. The van der Waals surface area contributed by atoms with Gasteiger partial charge in [-0.1, -0.05) is 11.6 Å². The van der Waals surface area contributed by atoms with Crippen molar-refractivity contribution in [3.8, 4) is 0 Å². The number of carboxylic acids is 2. The third-order valence-corrected chi connectivity index (χ3v) is 2.24. The van der Waals surface area contributed by atoms with Gasteiger partial charge in [0, 0.05) is 7.05 Å². The fourth-order valence-corrected chi connectivity index (χ4v) is 1.32. The SMILES string of the molecule is Cn1nc(C(=O)O)c(C(N)C(=O)O)c1Cl. The van der Waals surface area contributed by atoms with Crippen molar-refractivity contribution in [2.45, 2.75) is 6.04 Å². The first-order valence-electron chi connectivity index (χ1n) is 3.80. The molecule has 8 heteroatoms. The summed E-state index contributed by atoms with van der Waals surface area (Å²) in [4.78, 5) is 21.4. The molecule has 0 fully saturated rings. The molecule has 0 amide bonds. The fourth-order valence-electron chi connectivity index (χ4n) is 1.08. The maximum Gasteiger partial charge on any atom is 0.356 e. The molecule has 1 aromatic heterocycles. The summed E-state index contributed by atoms with van der Waals surface area (Å²) in [5.74, 6) is -2.74. The lowest BCUT2D eigenvalue weighted by Crippen LogP contribution is -2.22. The van der Waals surface area contributed by atoms with Crippen LogP contribution in [0.1, 0.15) is 22.1 Å². The van der Waals surface area contributed by atoms with Gasteiger partial charge in [0.25, 0.3) is 0 Å². The van der Waals surface area contributed by atoms with Crippen molar-refractivity contribution in [1.82, 2.24) is 9.78 Å². The minimum atomic E-state index is -1.50. The maximum absolute atomic E-state index is 10.7. The summed E-state index contributed by atoms with van der Waals surface area (Å²) < 4.78 is 1.06. The predicted octanol–water partition coefficient (Wildman–Crippen LogP) is -0.144. The molecule has 0 aliphatic heterocycles. The average molecular weight is 234 g/mol. The first-order valence-corrected chi connectivity index (χ1v) is 4.18. The molecule has 0 saturated heterocycles. The molecule has 82 valence electrons. The van der Waals surface area contributed by atoms with E-state index in [0.717, 1.165) is 4.68 Å². The van der Waals surface area contributed by atoms with Crippen molar-refractivity contribution < 1.29 is 19.8 Å². The van der Waals surface area contributed by atoms with Gasteiger partial charge in [-0.2, -0.15) is 5.10 Å². The van der Waals surface area contributed by atoms with Crippen molar-refractivity contribution in [2.24, 2.45) is 12.8 Å². The average Bonchev–Trinajstić information content (AvgIpc) is 2.42. The Hall–Kier alpha value is -1.60. The van der Waals surface area contributed by atoms with Crippen molar-refractivity contribution >= 4 is 23.5 Å². The van der Waals surface area contributed by atoms with E-state index >= 15 is 0 Å². The van der Waals surface area contributed by atoms with Gasteiger partial charge in [0.1, 0.15) is 11.2 Å². The summed E-state index contributed by atoms with van der Waals surface area (Å²) in [5, 5.41) is 20.9. The number of aryl methyl sites for hydroxylation is 1. The quantitative estimate of drug-likeness (QED) is 0.668. The Morgan fingerprint density at radius 2 is 2.07 bits per heavy atom. The molecule has 1 rings (SSSR count). The predicted molar refractivity (Wildman–Crippen MR) is 49.7 cm³/mol. The van der Waals surface area contributed by atoms with Crippen LogP contribution in [0, 0.1) is 0 Å². The number of aliphatic carboxylic acids is 1. The molecule has 0 spiro atoms. The zero-order valence-electron chi connectivity index (χ0n) is 7.64. The summed E-state index contributed by atoms with van der Waals surface area (Å²) >= 11 is 5.69. The molecule has 1 heterocycles. The summed E-state index contributed by atoms with van der Waals surface area (Å²) in [6, 6.07) is -1.50. The molecule has 0 aliphatic rings. The second-order valence-electron chi connectivity index (χ2n) is 2.80. The molecule has 4 N–H and O–H groups in total. The number of rotatable bonds is 3. The van der Waals surface area contributed by atoms with Crippen LogP contribution in [0.5, 0.6) is 0 Å². The van der Waals surface area contributed by atoms with Gasteiger partial charge in [-0.3, -0.25) is 9.48 Å². The van der Waals surface area contributed by atoms with Crippen LogP contribution in [0.4, 0.5) is 0 Å². The molecule has 0 bridgehead atoms. The molecule has 1 aromatic rings. The second-order valence-corrected chi connectivity index (χ2v) is 3.16. The molecule has 1 atom stereocenters. The Labute approximate surface area is 89.1 Å². The van der Waals surface area contributed by atoms with E-state index in [0.29, 0.717) is 0 Å². The Balaban J connectivity index is 3.37. The maximum atomic E-state index is 10.7. The number of carboxylic acid groups (broad SMARTS) is 2. The van der Waals surface area contributed by atoms with Crippen LogP contribution in [-0.2, 0) is 11.8 Å². The van der Waals surface area contributed by atoms with Gasteiger partial charge in [0.05, 0.1) is 5.56 Å². The van der Waals surface area contributed by atoms with Crippen LogP contribution in [0.15, 0.2) is 0 Å². The summed E-state index contributed by atoms with van der Waals surface area (Å²) in [7, 11) is 1.40. The van der Waals surface area contributed by atoms with Gasteiger partial charge in [0.2, 0.25) is 0 Å². The lowest BCUT2D eigenvalue weighted by atomic mass is 10.1. The molecule has 1 unspecified atom stereocenters. The standard InChI is InChI=1S/C7H8ClN3O4/c1-11-5(8)2(3(9)6(12)13)4(10-11)7(14)15/h3H,9H2,1H3,(H,12,13)(H,14,15). The molecular formula is C7H8ClN3O4. The minimum absolute atomic E-state index is 0.0951. The third kappa shape index (κ3) is 1.92. The molecular weight excluding hydrogens is 226 g/mol. The molecule has 0 saturated carbocycles. The van der Waals surface area contributed by atoms with Gasteiger partial charge < -0.3 is 15.9 Å². The van der Waals surface area contributed by atoms with E-state index in [9.17, 15) is 9.59 Å². The number of aromatic carboxylic acids is 1. The number of hydrogen-bond acceptors (Lipinski definition) is 4. The van der Waals surface area contributed by atoms with Crippen LogP contribution >= 0.6 is 11.6 Å². The number of nitrogens with zero attached hydrogens (tertiary/aromatic N) is 2. The smallest absolute Gasteiger partial charge is 0.356 e. The number of hydrogen-bond donors (Lipinski definition) is 3. The second kappa shape index (κ2) is 3.87. The van der Waals surface area contributed by atoms with Gasteiger partial charge in [-0.25, -0.2) is 4.79 Å². The Morgan fingerprint density at radius 1 is 1.53 bits per heavy atom. The van der Waals surface area contributed by atoms with E-state index in [1.54, 1.807) is 0 Å². The summed E-state index contributed by atoms with van der Waals surface area (Å²) in [5.41, 5.74) is 4.65. The summed E-state index contributed by atoms with van der Waals surface area (Å²) in [6.07, 6.45) is 0. The van der Waals surface area contributed by atoms with Crippen molar-refractivity contribution in [1.29, 1.82) is 0 Å². The minimum Gasteiger partial charge on any atom is -0.480 e. The summed E-state index contributed by atoms with van der Waals surface area (Å²) in [6.45, 7) is 0. The Morgan fingerprint density at radius 3 is 2.47 bits per heavy atom. The first-order chi connectivity index (χ1) is 6.86. The first kappa shape index (κ1) is 11.5. The van der Waals surface area contributed by atoms with Crippen molar-refractivity contribution in [2.75, 3.05) is 0 Å². The molecule has 0 aromatic carbocycles. The van der Waals surface area contributed by atoms with E-state index in [-0.39, 0.29) is 10.7 Å². The molecule has 0 aliphatic carbocycles. The van der Waals surface area contributed by atoms with Crippen LogP contribution in [0.3, 0.4) is 0 Å². The largest absolute Gasteiger partial charge is 0.480 e. The van der Waals surface area contributed by atoms with Gasteiger partial charge in [0.15, 0.2) is 5.69 Å². The zero-order valence-corrected chi connectivity index (χ0v) is 8.39. The third-order valence-electron chi connectivity index (χ3n) is 1.79. The lowest BCUT2D eigenvalue weighted by Gasteiger charge is -2.05. The van der Waals surface area contributed by atoms with E-state index < -0.39 is 23.7 Å². The van der Waals surface area contributed by atoms with Gasteiger partial charge in [-0.15, -0.1) is 0 Å². The highest BCUT2D eigenvalue weighted by atomic mass is 35.5. The molecule has 7 nitrogen and oxygen atoms in total. The Kier molecular flexibility index (Phi) is 2.96. The van der Waals surface area contributed by atoms with Crippen LogP contribution in [0.25, 0.3) is 0 Å². The number of nitrogens with two attached hydrogens (primary N) is 1. The van der Waals surface area contributed by atoms with E-state index in [1.165, 1.54) is 7.05 Å². The van der Waals surface area contributed by atoms with Gasteiger partial charge >= 0.3 is 11.9 Å². The van der Waals surface area contributed by atoms with Crippen LogP contribution in [-0.4, -0.2) is 31.9 Å². The number of halogens is 1. The van der Waals surface area contributed by atoms with Crippen LogP contribution in [0.2, 0.25) is 5.15 Å². The highest BCUT2D eigenvalue weighted by molar-refractivity contribution is 6.31. The van der Waals surface area contributed by atoms with E-state index in [2.05, 4.69) is 5.10 Å². The fraction of sp³-hybridized carbons (Fsp3) is 0.286. The monoisotopic (exact) mass is 233 g/mol. The molecule has 0 radical (unpaired) electrons. The lowest BCUT2D eigenvalue weighted by molar-refractivity contribution is -0.138. The zero-order chi connectivity index (χ0) is 11.7. The number of carbonyl (C=O) groups is 2. The topological polar surface area (TPSA) is 118 Å². The van der Waals surface area contributed by atoms with E-state index in [1.807, 2.05) is 0 Å². The number of aromatic nitrogens is 2. The highest BCUT2D eigenvalue weighted by Crippen LogP contribution is 2.25. The van der Waals surface area contributed by atoms with Gasteiger partial charge in [-0.05, 0) is 0 Å². The van der Waals surface area contributed by atoms with Crippen LogP contribution < -0.4 is 5.73 Å². The van der Waals surface area contributed by atoms with E-state index in [4.69, 9.17) is 27.5 Å². The normalized spacial score (nSPS) is 12.5.